The molecule has 0 radical (unpaired) electrons. The zero-order chi connectivity index (χ0) is 20.5. The van der Waals surface area contributed by atoms with Gasteiger partial charge in [-0.1, -0.05) is 29.8 Å². The van der Waals surface area contributed by atoms with Crippen molar-refractivity contribution < 1.29 is 14.7 Å². The van der Waals surface area contributed by atoms with Gasteiger partial charge >= 0.3 is 5.97 Å². The fraction of sp³-hybridized carbons (Fsp3) is 0.208. The maximum Gasteiger partial charge on any atom is 0.307 e. The number of carbonyl (C=O) groups excluding carboxylic acids is 1. The number of aromatic nitrogens is 1. The van der Waals surface area contributed by atoms with Gasteiger partial charge in [0, 0.05) is 24.6 Å². The van der Waals surface area contributed by atoms with Gasteiger partial charge in [-0.15, -0.1) is 0 Å². The Labute approximate surface area is 169 Å². The van der Waals surface area contributed by atoms with Crippen molar-refractivity contribution in [3.8, 4) is 11.1 Å². The average molecular weight is 386 g/mol. The summed E-state index contributed by atoms with van der Waals surface area (Å²) >= 11 is 0. The molecule has 1 amide bonds. The van der Waals surface area contributed by atoms with E-state index in [0.29, 0.717) is 18.5 Å². The summed E-state index contributed by atoms with van der Waals surface area (Å²) in [6.45, 7) is 4.51. The van der Waals surface area contributed by atoms with E-state index in [-0.39, 0.29) is 12.3 Å². The van der Waals surface area contributed by atoms with Crippen molar-refractivity contribution >= 4 is 17.6 Å². The highest BCUT2D eigenvalue weighted by molar-refractivity contribution is 6.08. The third-order valence-corrected chi connectivity index (χ3v) is 5.44. The third kappa shape index (κ3) is 3.51. The van der Waals surface area contributed by atoms with E-state index in [1.165, 1.54) is 0 Å². The third-order valence-electron chi connectivity index (χ3n) is 5.44. The molecule has 0 saturated heterocycles. The minimum atomic E-state index is -0.859. The topological polar surface area (TPSA) is 70.5 Å². The average Bonchev–Trinajstić information content (AvgIpc) is 3.12. The molecule has 0 saturated carbocycles. The van der Waals surface area contributed by atoms with Gasteiger partial charge in [0.05, 0.1) is 12.0 Å². The Hall–Kier alpha value is -3.47. The summed E-state index contributed by atoms with van der Waals surface area (Å²) in [5.41, 5.74) is 7.22. The van der Waals surface area contributed by atoms with Gasteiger partial charge in [-0.3, -0.25) is 14.6 Å². The molecule has 0 spiro atoms. The molecule has 1 N–H and O–H groups in total. The molecule has 3 aromatic rings. The molecule has 5 nitrogen and oxygen atoms in total. The number of amides is 1. The molecule has 4 rings (SSSR count). The van der Waals surface area contributed by atoms with Crippen LogP contribution in [0.3, 0.4) is 0 Å². The lowest BCUT2D eigenvalue weighted by molar-refractivity contribution is -0.136. The lowest BCUT2D eigenvalue weighted by Crippen LogP contribution is -2.29. The van der Waals surface area contributed by atoms with E-state index >= 15 is 0 Å². The molecule has 0 bridgehead atoms. The van der Waals surface area contributed by atoms with Crippen LogP contribution >= 0.6 is 0 Å². The van der Waals surface area contributed by atoms with Gasteiger partial charge in [0.1, 0.15) is 0 Å². The molecular formula is C24H22N2O3. The van der Waals surface area contributed by atoms with Crippen molar-refractivity contribution in [1.82, 2.24) is 4.98 Å². The van der Waals surface area contributed by atoms with Gasteiger partial charge in [-0.2, -0.15) is 0 Å². The minimum absolute atomic E-state index is 0.0428. The number of nitrogens with zero attached hydrogens (tertiary/aromatic N) is 2. The Balaban J connectivity index is 1.87. The number of benzene rings is 2. The highest BCUT2D eigenvalue weighted by Gasteiger charge is 2.30. The molecule has 1 aromatic heterocycles. The number of rotatable bonds is 4. The normalized spacial score (nSPS) is 12.7. The lowest BCUT2D eigenvalue weighted by atomic mass is 9.88. The van der Waals surface area contributed by atoms with Gasteiger partial charge in [-0.05, 0) is 66.3 Å². The SMILES string of the molecule is Cc1ccc(-c2c(CC(=O)O)c(C)cc3c2CCN3C(=O)c2cccnc2)cc1. The molecular weight excluding hydrogens is 364 g/mol. The molecule has 0 atom stereocenters. The predicted octanol–water partition coefficient (Wildman–Crippen LogP) is 4.20. The van der Waals surface area contributed by atoms with Crippen molar-refractivity contribution in [2.24, 2.45) is 0 Å². The minimum Gasteiger partial charge on any atom is -0.481 e. The van der Waals surface area contributed by atoms with E-state index in [1.54, 1.807) is 29.4 Å². The first-order valence-electron chi connectivity index (χ1n) is 9.62. The van der Waals surface area contributed by atoms with Crippen molar-refractivity contribution in [1.29, 1.82) is 0 Å². The Morgan fingerprint density at radius 1 is 1.14 bits per heavy atom. The summed E-state index contributed by atoms with van der Waals surface area (Å²) in [6.07, 6.45) is 3.87. The largest absolute Gasteiger partial charge is 0.481 e. The number of pyridine rings is 1. The second-order valence-corrected chi connectivity index (χ2v) is 7.43. The molecule has 1 aliphatic heterocycles. The van der Waals surface area contributed by atoms with Crippen LogP contribution in [-0.4, -0.2) is 28.5 Å². The van der Waals surface area contributed by atoms with Crippen molar-refractivity contribution in [2.45, 2.75) is 26.7 Å². The van der Waals surface area contributed by atoms with Gasteiger partial charge in [0.25, 0.3) is 5.91 Å². The number of carboxylic acids is 1. The Bertz CT molecular complexity index is 1090. The molecule has 146 valence electrons. The van der Waals surface area contributed by atoms with Crippen LogP contribution in [0.2, 0.25) is 0 Å². The summed E-state index contributed by atoms with van der Waals surface area (Å²) in [7, 11) is 0. The molecule has 2 aromatic carbocycles. The summed E-state index contributed by atoms with van der Waals surface area (Å²) < 4.78 is 0. The maximum absolute atomic E-state index is 13.1. The van der Waals surface area contributed by atoms with Crippen molar-refractivity contribution in [3.05, 3.63) is 82.7 Å². The van der Waals surface area contributed by atoms with Gasteiger partial charge < -0.3 is 10.0 Å². The summed E-state index contributed by atoms with van der Waals surface area (Å²) in [5.74, 6) is -0.945. The van der Waals surface area contributed by atoms with E-state index in [2.05, 4.69) is 4.98 Å². The molecule has 5 heteroatoms. The number of fused-ring (bicyclic) bond motifs is 1. The number of carbonyl (C=O) groups is 2. The van der Waals surface area contributed by atoms with Crippen LogP contribution in [0.4, 0.5) is 5.69 Å². The maximum atomic E-state index is 13.1. The monoisotopic (exact) mass is 386 g/mol. The second kappa shape index (κ2) is 7.51. The molecule has 0 fully saturated rings. The number of hydrogen-bond acceptors (Lipinski definition) is 3. The fourth-order valence-electron chi connectivity index (χ4n) is 4.03. The first kappa shape index (κ1) is 18.9. The van der Waals surface area contributed by atoms with Crippen LogP contribution in [0, 0.1) is 13.8 Å². The highest BCUT2D eigenvalue weighted by Crippen LogP contribution is 2.41. The Kier molecular flexibility index (Phi) is 4.89. The molecule has 1 aliphatic rings. The standard InChI is InChI=1S/C24H22N2O3/c1-15-5-7-17(8-6-15)23-19-9-11-26(24(29)18-4-3-10-25-14-18)21(19)12-16(2)20(23)13-22(27)28/h3-8,10,12,14H,9,11,13H2,1-2H3,(H,27,28). The fourth-order valence-corrected chi connectivity index (χ4v) is 4.03. The van der Waals surface area contributed by atoms with Crippen molar-refractivity contribution in [3.63, 3.8) is 0 Å². The van der Waals surface area contributed by atoms with E-state index in [4.69, 9.17) is 0 Å². The van der Waals surface area contributed by atoms with E-state index in [0.717, 1.165) is 39.1 Å². The first-order valence-corrected chi connectivity index (χ1v) is 9.62. The van der Waals surface area contributed by atoms with Crippen LogP contribution in [0.15, 0.2) is 54.9 Å². The number of anilines is 1. The summed E-state index contributed by atoms with van der Waals surface area (Å²) in [4.78, 5) is 30.5. The Morgan fingerprint density at radius 2 is 1.90 bits per heavy atom. The zero-order valence-corrected chi connectivity index (χ0v) is 16.5. The molecule has 29 heavy (non-hydrogen) atoms. The lowest BCUT2D eigenvalue weighted by Gasteiger charge is -2.21. The van der Waals surface area contributed by atoms with Gasteiger partial charge in [0.15, 0.2) is 0 Å². The molecule has 0 aliphatic carbocycles. The zero-order valence-electron chi connectivity index (χ0n) is 16.5. The predicted molar refractivity (Wildman–Crippen MR) is 112 cm³/mol. The molecule has 0 unspecified atom stereocenters. The van der Waals surface area contributed by atoms with E-state index in [9.17, 15) is 14.7 Å². The Morgan fingerprint density at radius 3 is 2.55 bits per heavy atom. The summed E-state index contributed by atoms with van der Waals surface area (Å²) in [5, 5.41) is 9.47. The van der Waals surface area contributed by atoms with Crippen LogP contribution in [-0.2, 0) is 17.6 Å². The van der Waals surface area contributed by atoms with Gasteiger partial charge in [0.2, 0.25) is 0 Å². The van der Waals surface area contributed by atoms with E-state index in [1.807, 2.05) is 44.2 Å². The van der Waals surface area contributed by atoms with Crippen LogP contribution < -0.4 is 4.90 Å². The van der Waals surface area contributed by atoms with Crippen LogP contribution in [0.5, 0.6) is 0 Å². The van der Waals surface area contributed by atoms with Crippen molar-refractivity contribution in [2.75, 3.05) is 11.4 Å². The number of hydrogen-bond donors (Lipinski definition) is 1. The first-order chi connectivity index (χ1) is 14.0. The highest BCUT2D eigenvalue weighted by atomic mass is 16.4. The second-order valence-electron chi connectivity index (χ2n) is 7.43. The molecule has 2 heterocycles. The summed E-state index contributed by atoms with van der Waals surface area (Å²) in [6, 6.07) is 13.6. The van der Waals surface area contributed by atoms with E-state index < -0.39 is 5.97 Å². The number of carboxylic acid groups (broad SMARTS) is 1. The quantitative estimate of drug-likeness (QED) is 0.730. The van der Waals surface area contributed by atoms with Crippen LogP contribution in [0.1, 0.15) is 32.6 Å². The number of aliphatic carboxylic acids is 1. The van der Waals surface area contributed by atoms with Crippen LogP contribution in [0.25, 0.3) is 11.1 Å². The number of aryl methyl sites for hydroxylation is 2. The smallest absolute Gasteiger partial charge is 0.307 e. The van der Waals surface area contributed by atoms with Gasteiger partial charge in [-0.25, -0.2) is 0 Å².